The van der Waals surface area contributed by atoms with Crippen molar-refractivity contribution >= 4 is 35.1 Å². The summed E-state index contributed by atoms with van der Waals surface area (Å²) in [6.07, 6.45) is 0.959. The van der Waals surface area contributed by atoms with E-state index in [1.165, 1.54) is 11.0 Å². The number of halogens is 1. The predicted molar refractivity (Wildman–Crippen MR) is 141 cm³/mol. The van der Waals surface area contributed by atoms with Crippen LogP contribution in [0.5, 0.6) is 5.75 Å². The zero-order valence-electron chi connectivity index (χ0n) is 21.5. The Morgan fingerprint density at radius 1 is 1.24 bits per heavy atom. The van der Waals surface area contributed by atoms with Gasteiger partial charge in [-0.1, -0.05) is 24.6 Å². The van der Waals surface area contributed by atoms with Gasteiger partial charge in [0.15, 0.2) is 5.82 Å². The number of hydrogen-bond donors (Lipinski definition) is 2. The standard InChI is InChI=1S/C27H30ClN5O5/c1-4-16(17-5-7-21(27(36)37)22(29)11-17)12-25(34)33-14-24-31-30-15(2)32(24)13-19(26(33)35)9-18-10-20(28)6-8-23(18)38-3/h5-8,10-11,16,19H,4,9,12-14,29H2,1-3H3,(H,36,37)/t16-,19?/m0/s1. The highest BCUT2D eigenvalue weighted by Gasteiger charge is 2.36. The number of rotatable bonds is 8. The van der Waals surface area contributed by atoms with Crippen molar-refractivity contribution in [3.63, 3.8) is 0 Å². The predicted octanol–water partition coefficient (Wildman–Crippen LogP) is 3.84. The third kappa shape index (κ3) is 5.50. The molecule has 3 N–H and O–H groups in total. The summed E-state index contributed by atoms with van der Waals surface area (Å²) in [4.78, 5) is 40.0. The Hall–Kier alpha value is -3.92. The highest BCUT2D eigenvalue weighted by atomic mass is 35.5. The fourth-order valence-corrected chi connectivity index (χ4v) is 5.10. The summed E-state index contributed by atoms with van der Waals surface area (Å²) in [6.45, 7) is 4.07. The Morgan fingerprint density at radius 2 is 2.00 bits per heavy atom. The molecule has 11 heteroatoms. The lowest BCUT2D eigenvalue weighted by atomic mass is 9.91. The molecule has 2 aromatic carbocycles. The Kier molecular flexibility index (Phi) is 8.01. The van der Waals surface area contributed by atoms with E-state index in [1.54, 1.807) is 37.4 Å². The van der Waals surface area contributed by atoms with Crippen LogP contribution in [0.4, 0.5) is 5.69 Å². The zero-order chi connectivity index (χ0) is 27.6. The molecule has 1 unspecified atom stereocenters. The van der Waals surface area contributed by atoms with Crippen LogP contribution in [0.1, 0.15) is 58.8 Å². The summed E-state index contributed by atoms with van der Waals surface area (Å²) in [6, 6.07) is 9.94. The smallest absolute Gasteiger partial charge is 0.337 e. The first-order valence-electron chi connectivity index (χ1n) is 12.3. The monoisotopic (exact) mass is 539 g/mol. The summed E-state index contributed by atoms with van der Waals surface area (Å²) in [5, 5.41) is 18.2. The maximum absolute atomic E-state index is 13.8. The quantitative estimate of drug-likeness (QED) is 0.411. The van der Waals surface area contributed by atoms with Crippen molar-refractivity contribution in [3.05, 3.63) is 69.8 Å². The van der Waals surface area contributed by atoms with Crippen LogP contribution in [0.2, 0.25) is 5.02 Å². The number of aromatic carboxylic acids is 1. The first kappa shape index (κ1) is 27.1. The average Bonchev–Trinajstić information content (AvgIpc) is 3.15. The van der Waals surface area contributed by atoms with Crippen molar-refractivity contribution < 1.29 is 24.2 Å². The number of ether oxygens (including phenoxy) is 1. The van der Waals surface area contributed by atoms with Crippen LogP contribution < -0.4 is 10.5 Å². The van der Waals surface area contributed by atoms with Crippen LogP contribution in [0.25, 0.3) is 0 Å². The van der Waals surface area contributed by atoms with Crippen molar-refractivity contribution in [2.75, 3.05) is 12.8 Å². The molecule has 4 rings (SSSR count). The lowest BCUT2D eigenvalue weighted by molar-refractivity contribution is -0.148. The number of carboxylic acid groups (broad SMARTS) is 1. The van der Waals surface area contributed by atoms with Crippen molar-refractivity contribution in [3.8, 4) is 5.75 Å². The van der Waals surface area contributed by atoms with Crippen LogP contribution in [-0.2, 0) is 29.1 Å². The number of carboxylic acids is 1. The van der Waals surface area contributed by atoms with Gasteiger partial charge in [-0.05, 0) is 67.1 Å². The molecule has 0 spiro atoms. The summed E-state index contributed by atoms with van der Waals surface area (Å²) in [5.74, 6) is -0.799. The Morgan fingerprint density at radius 3 is 2.66 bits per heavy atom. The second-order valence-electron chi connectivity index (χ2n) is 9.41. The second-order valence-corrected chi connectivity index (χ2v) is 9.85. The number of aromatic nitrogens is 3. The van der Waals surface area contributed by atoms with E-state index in [2.05, 4.69) is 10.2 Å². The van der Waals surface area contributed by atoms with Gasteiger partial charge in [-0.25, -0.2) is 4.79 Å². The second kappa shape index (κ2) is 11.2. The van der Waals surface area contributed by atoms with E-state index in [9.17, 15) is 19.5 Å². The summed E-state index contributed by atoms with van der Waals surface area (Å²) < 4.78 is 7.35. The van der Waals surface area contributed by atoms with Crippen LogP contribution >= 0.6 is 11.6 Å². The van der Waals surface area contributed by atoms with Crippen LogP contribution in [-0.4, -0.2) is 49.7 Å². The van der Waals surface area contributed by atoms with E-state index in [4.69, 9.17) is 22.1 Å². The number of carbonyl (C=O) groups excluding carboxylic acids is 2. The number of nitrogens with zero attached hydrogens (tertiary/aromatic N) is 4. The van der Waals surface area contributed by atoms with Crippen molar-refractivity contribution in [1.82, 2.24) is 19.7 Å². The van der Waals surface area contributed by atoms with E-state index >= 15 is 0 Å². The number of nitrogen functional groups attached to an aromatic ring is 1. The number of imide groups is 1. The lowest BCUT2D eigenvalue weighted by Gasteiger charge is -2.25. The van der Waals surface area contributed by atoms with Gasteiger partial charge in [0, 0.05) is 23.7 Å². The summed E-state index contributed by atoms with van der Waals surface area (Å²) >= 11 is 6.23. The molecule has 10 nitrogen and oxygen atoms in total. The summed E-state index contributed by atoms with van der Waals surface area (Å²) in [7, 11) is 1.56. The number of hydrogen-bond acceptors (Lipinski definition) is 7. The molecular weight excluding hydrogens is 510 g/mol. The first-order valence-corrected chi connectivity index (χ1v) is 12.7. The molecule has 0 radical (unpaired) electrons. The number of methoxy groups -OCH3 is 1. The van der Waals surface area contributed by atoms with Gasteiger partial charge < -0.3 is 20.1 Å². The Balaban J connectivity index is 1.63. The lowest BCUT2D eigenvalue weighted by Crippen LogP contribution is -2.40. The van der Waals surface area contributed by atoms with Crippen LogP contribution in [0.15, 0.2) is 36.4 Å². The largest absolute Gasteiger partial charge is 0.496 e. The molecule has 38 heavy (non-hydrogen) atoms. The maximum Gasteiger partial charge on any atom is 0.337 e. The van der Waals surface area contributed by atoms with Gasteiger partial charge in [-0.3, -0.25) is 14.5 Å². The molecule has 0 aliphatic carbocycles. The van der Waals surface area contributed by atoms with E-state index in [1.807, 2.05) is 18.4 Å². The van der Waals surface area contributed by atoms with E-state index in [0.29, 0.717) is 41.8 Å². The highest BCUT2D eigenvalue weighted by Crippen LogP contribution is 2.31. The molecule has 1 aromatic heterocycles. The minimum Gasteiger partial charge on any atom is -0.496 e. The first-order chi connectivity index (χ1) is 18.1. The molecule has 1 aliphatic heterocycles. The van der Waals surface area contributed by atoms with E-state index < -0.39 is 11.9 Å². The number of amides is 2. The van der Waals surface area contributed by atoms with Crippen LogP contribution in [0, 0.1) is 12.8 Å². The maximum atomic E-state index is 13.8. The molecule has 2 amide bonds. The van der Waals surface area contributed by atoms with E-state index in [0.717, 1.165) is 11.1 Å². The van der Waals surface area contributed by atoms with Crippen molar-refractivity contribution in [2.45, 2.75) is 52.1 Å². The van der Waals surface area contributed by atoms with E-state index in [-0.39, 0.29) is 41.9 Å². The minimum atomic E-state index is -1.12. The van der Waals surface area contributed by atoms with Crippen LogP contribution in [0.3, 0.4) is 0 Å². The fraction of sp³-hybridized carbons (Fsp3) is 0.370. The number of nitrogens with two attached hydrogens (primary N) is 1. The highest BCUT2D eigenvalue weighted by molar-refractivity contribution is 6.30. The molecule has 2 atom stereocenters. The molecule has 0 saturated carbocycles. The number of carbonyl (C=O) groups is 3. The molecule has 1 aliphatic rings. The van der Waals surface area contributed by atoms with Gasteiger partial charge in [0.25, 0.3) is 0 Å². The zero-order valence-corrected chi connectivity index (χ0v) is 22.2. The van der Waals surface area contributed by atoms with Crippen molar-refractivity contribution in [2.24, 2.45) is 5.92 Å². The molecule has 0 fully saturated rings. The van der Waals surface area contributed by atoms with Gasteiger partial charge in [-0.15, -0.1) is 10.2 Å². The summed E-state index contributed by atoms with van der Waals surface area (Å²) in [5.41, 5.74) is 7.59. The van der Waals surface area contributed by atoms with Gasteiger partial charge in [0.05, 0.1) is 25.1 Å². The normalized spacial score (nSPS) is 16.1. The Bertz CT molecular complexity index is 1390. The average molecular weight is 540 g/mol. The molecule has 200 valence electrons. The van der Waals surface area contributed by atoms with Gasteiger partial charge in [0.2, 0.25) is 11.8 Å². The third-order valence-corrected chi connectivity index (χ3v) is 7.27. The molecule has 2 heterocycles. The van der Waals surface area contributed by atoms with Crippen molar-refractivity contribution in [1.29, 1.82) is 0 Å². The molecule has 0 saturated heterocycles. The van der Waals surface area contributed by atoms with Gasteiger partial charge in [-0.2, -0.15) is 0 Å². The number of fused-ring (bicyclic) bond motifs is 1. The number of benzene rings is 2. The molecule has 3 aromatic rings. The topological polar surface area (TPSA) is 141 Å². The third-order valence-electron chi connectivity index (χ3n) is 7.03. The SMILES string of the molecule is CC[C@@H](CC(=O)N1Cc2nnc(C)n2CC(Cc2cc(Cl)ccc2OC)C1=O)c1ccc(C(=O)O)c(N)c1. The van der Waals surface area contributed by atoms with Gasteiger partial charge in [0.1, 0.15) is 11.6 Å². The fourth-order valence-electron chi connectivity index (χ4n) is 4.90. The molecule has 0 bridgehead atoms. The number of anilines is 1. The Labute approximate surface area is 225 Å². The minimum absolute atomic E-state index is 0.00613. The van der Waals surface area contributed by atoms with Gasteiger partial charge >= 0.3 is 5.97 Å². The molecular formula is C27H30ClN5O5. The number of aryl methyl sites for hydroxylation is 1.